The van der Waals surface area contributed by atoms with Gasteiger partial charge in [0, 0.05) is 25.7 Å². The minimum Gasteiger partial charge on any atom is -0.462 e. The number of carbonyl (C=O) groups is 4. The highest BCUT2D eigenvalue weighted by Gasteiger charge is 2.30. The zero-order valence-electron chi connectivity index (χ0n) is 62.5. The van der Waals surface area contributed by atoms with Crippen LogP contribution in [-0.2, 0) is 65.4 Å². The number of hydrogen-bond donors (Lipinski definition) is 3. The van der Waals surface area contributed by atoms with Gasteiger partial charge in [0.1, 0.15) is 19.3 Å². The summed E-state index contributed by atoms with van der Waals surface area (Å²) in [5.74, 6) is -1.30. The molecule has 570 valence electrons. The van der Waals surface area contributed by atoms with Gasteiger partial charge >= 0.3 is 39.5 Å². The average molecular weight is 1410 g/mol. The monoisotopic (exact) mass is 1410 g/mol. The number of ether oxygens (including phenoxy) is 4. The third kappa shape index (κ3) is 69.2. The number of rotatable bonds is 77. The van der Waals surface area contributed by atoms with Crippen LogP contribution in [0.5, 0.6) is 0 Å². The molecule has 0 radical (unpaired) electrons. The summed E-state index contributed by atoms with van der Waals surface area (Å²) < 4.78 is 68.6. The molecule has 0 saturated heterocycles. The van der Waals surface area contributed by atoms with E-state index >= 15 is 0 Å². The second-order valence-corrected chi connectivity index (χ2v) is 30.9. The molecule has 6 atom stereocenters. The molecule has 19 heteroatoms. The molecule has 0 aliphatic rings. The first kappa shape index (κ1) is 94.1. The van der Waals surface area contributed by atoms with Crippen LogP contribution in [0.3, 0.4) is 0 Å². The minimum atomic E-state index is -4.96. The van der Waals surface area contributed by atoms with Gasteiger partial charge in [0.15, 0.2) is 12.2 Å². The van der Waals surface area contributed by atoms with E-state index in [4.69, 9.17) is 37.0 Å². The number of carbonyl (C=O) groups excluding carboxylic acids is 4. The second kappa shape index (κ2) is 70.1. The summed E-state index contributed by atoms with van der Waals surface area (Å²) in [5.41, 5.74) is 0. The van der Waals surface area contributed by atoms with Gasteiger partial charge in [-0.25, -0.2) is 9.13 Å². The zero-order chi connectivity index (χ0) is 70.5. The molecule has 0 aliphatic heterocycles. The van der Waals surface area contributed by atoms with Crippen molar-refractivity contribution in [1.29, 1.82) is 0 Å². The molecule has 0 saturated carbocycles. The van der Waals surface area contributed by atoms with Gasteiger partial charge in [-0.3, -0.25) is 37.3 Å². The molecule has 0 bridgehead atoms. The molecule has 0 aliphatic carbocycles. The summed E-state index contributed by atoms with van der Waals surface area (Å²) >= 11 is 0. The van der Waals surface area contributed by atoms with Gasteiger partial charge in [-0.1, -0.05) is 356 Å². The topological polar surface area (TPSA) is 237 Å². The standard InChI is InChI=1S/C77H150O17P2/c1-6-10-13-16-19-22-25-28-29-30-31-33-36-43-48-53-58-63-77(82)94-73(67-88-75(80)61-56-51-46-41-38-37-39-44-49-54-59-70(5)9-4)69-92-96(85,86)90-65-71(78)64-89-95(83,84)91-68-72(66-87-74(79)60-55-50-45-40-34-27-24-21-18-15-12-8-3)93-76(81)62-57-52-47-42-35-32-26-23-20-17-14-11-7-2/h70-73,78H,6-69H2,1-5H3,(H,83,84)(H,85,86)/t70?,71-,72+,73+/m0/s1. The molecule has 0 fully saturated rings. The minimum absolute atomic E-state index is 0.108. The van der Waals surface area contributed by atoms with Crippen molar-refractivity contribution < 1.29 is 80.2 Å². The maximum atomic E-state index is 13.1. The highest BCUT2D eigenvalue weighted by Crippen LogP contribution is 2.45. The molecule has 0 aromatic rings. The molecule has 0 heterocycles. The second-order valence-electron chi connectivity index (χ2n) is 28.0. The lowest BCUT2D eigenvalue weighted by molar-refractivity contribution is -0.161. The molecular formula is C77H150O17P2. The lowest BCUT2D eigenvalue weighted by Gasteiger charge is -2.21. The number of aliphatic hydroxyl groups is 1. The van der Waals surface area contributed by atoms with Gasteiger partial charge in [-0.2, -0.15) is 0 Å². The van der Waals surface area contributed by atoms with Crippen molar-refractivity contribution in [2.45, 2.75) is 425 Å². The van der Waals surface area contributed by atoms with E-state index in [0.717, 1.165) is 95.8 Å². The predicted octanol–water partition coefficient (Wildman–Crippen LogP) is 22.9. The van der Waals surface area contributed by atoms with Gasteiger partial charge < -0.3 is 33.8 Å². The van der Waals surface area contributed by atoms with E-state index < -0.39 is 97.5 Å². The summed E-state index contributed by atoms with van der Waals surface area (Å²) in [4.78, 5) is 72.9. The number of phosphoric acid groups is 2. The third-order valence-electron chi connectivity index (χ3n) is 18.4. The number of aliphatic hydroxyl groups excluding tert-OH is 1. The summed E-state index contributed by atoms with van der Waals surface area (Å²) in [6.45, 7) is 7.34. The largest absolute Gasteiger partial charge is 0.472 e. The highest BCUT2D eigenvalue weighted by atomic mass is 31.2. The van der Waals surface area contributed by atoms with Crippen LogP contribution in [0.4, 0.5) is 0 Å². The van der Waals surface area contributed by atoms with Crippen LogP contribution in [0.25, 0.3) is 0 Å². The summed E-state index contributed by atoms with van der Waals surface area (Å²) in [6, 6.07) is 0. The molecule has 96 heavy (non-hydrogen) atoms. The first-order valence-electron chi connectivity index (χ1n) is 40.2. The third-order valence-corrected chi connectivity index (χ3v) is 20.3. The van der Waals surface area contributed by atoms with Gasteiger partial charge in [0.05, 0.1) is 26.4 Å². The predicted molar refractivity (Wildman–Crippen MR) is 391 cm³/mol. The fraction of sp³-hybridized carbons (Fsp3) is 0.948. The number of phosphoric ester groups is 2. The van der Waals surface area contributed by atoms with Gasteiger partial charge in [-0.15, -0.1) is 0 Å². The maximum Gasteiger partial charge on any atom is 0.472 e. The Hall–Kier alpha value is -1.94. The van der Waals surface area contributed by atoms with E-state index in [-0.39, 0.29) is 25.7 Å². The number of esters is 4. The van der Waals surface area contributed by atoms with Crippen LogP contribution in [-0.4, -0.2) is 96.7 Å². The fourth-order valence-corrected chi connectivity index (χ4v) is 13.4. The number of hydrogen-bond acceptors (Lipinski definition) is 15. The summed E-state index contributed by atoms with van der Waals surface area (Å²) in [6.07, 6.45) is 59.4. The Balaban J connectivity index is 5.26. The van der Waals surface area contributed by atoms with Gasteiger partial charge in [0.25, 0.3) is 0 Å². The van der Waals surface area contributed by atoms with Gasteiger partial charge in [-0.05, 0) is 31.6 Å². The Kier molecular flexibility index (Phi) is 68.7. The molecule has 3 unspecified atom stereocenters. The summed E-state index contributed by atoms with van der Waals surface area (Å²) in [5, 5.41) is 10.6. The first-order chi connectivity index (χ1) is 46.6. The zero-order valence-corrected chi connectivity index (χ0v) is 64.3. The van der Waals surface area contributed by atoms with E-state index in [9.17, 15) is 43.2 Å². The van der Waals surface area contributed by atoms with Crippen molar-refractivity contribution in [3.8, 4) is 0 Å². The van der Waals surface area contributed by atoms with Crippen LogP contribution >= 0.6 is 15.6 Å². The van der Waals surface area contributed by atoms with E-state index in [1.54, 1.807) is 0 Å². The van der Waals surface area contributed by atoms with Crippen molar-refractivity contribution in [3.05, 3.63) is 0 Å². The molecule has 0 aromatic heterocycles. The van der Waals surface area contributed by atoms with Crippen molar-refractivity contribution in [3.63, 3.8) is 0 Å². The molecular weight excluding hydrogens is 1260 g/mol. The van der Waals surface area contributed by atoms with Crippen LogP contribution in [0, 0.1) is 5.92 Å². The quantitative estimate of drug-likeness (QED) is 0.0222. The Morgan fingerprint density at radius 3 is 0.740 bits per heavy atom. The van der Waals surface area contributed by atoms with Crippen LogP contribution in [0.1, 0.15) is 407 Å². The Morgan fingerprint density at radius 2 is 0.500 bits per heavy atom. The van der Waals surface area contributed by atoms with E-state index in [1.807, 2.05) is 0 Å². The Labute approximate surface area is 588 Å². The van der Waals surface area contributed by atoms with E-state index in [0.29, 0.717) is 25.7 Å². The molecule has 0 rings (SSSR count). The molecule has 0 spiro atoms. The van der Waals surface area contributed by atoms with Gasteiger partial charge in [0.2, 0.25) is 0 Å². The Morgan fingerprint density at radius 1 is 0.292 bits per heavy atom. The average Bonchev–Trinajstić information content (AvgIpc) is 1.59. The molecule has 0 aromatic carbocycles. The smallest absolute Gasteiger partial charge is 0.462 e. The van der Waals surface area contributed by atoms with Crippen LogP contribution < -0.4 is 0 Å². The maximum absolute atomic E-state index is 13.1. The Bertz CT molecular complexity index is 1840. The van der Waals surface area contributed by atoms with Crippen molar-refractivity contribution in [1.82, 2.24) is 0 Å². The number of unbranched alkanes of at least 4 members (excludes halogenated alkanes) is 48. The molecule has 17 nitrogen and oxygen atoms in total. The first-order valence-corrected chi connectivity index (χ1v) is 43.2. The fourth-order valence-electron chi connectivity index (χ4n) is 11.8. The van der Waals surface area contributed by atoms with Crippen LogP contribution in [0.2, 0.25) is 0 Å². The molecule has 3 N–H and O–H groups in total. The van der Waals surface area contributed by atoms with Crippen LogP contribution in [0.15, 0.2) is 0 Å². The van der Waals surface area contributed by atoms with E-state index in [1.165, 1.54) is 231 Å². The normalized spacial score (nSPS) is 14.2. The van der Waals surface area contributed by atoms with Crippen molar-refractivity contribution in [2.75, 3.05) is 39.6 Å². The highest BCUT2D eigenvalue weighted by molar-refractivity contribution is 7.47. The SMILES string of the molecule is CCCCCCCCCCCCCCCCCCCC(=O)O[C@H](COC(=O)CCCCCCCCCCCCC(C)CC)COP(=O)(O)OC[C@@H](O)COP(=O)(O)OC[C@@H](COC(=O)CCCCCCCCCCCCCC)OC(=O)CCCCCCCCCCCCCCC. The van der Waals surface area contributed by atoms with E-state index in [2.05, 4.69) is 34.6 Å². The van der Waals surface area contributed by atoms with Crippen molar-refractivity contribution in [2.24, 2.45) is 5.92 Å². The summed E-state index contributed by atoms with van der Waals surface area (Å²) in [7, 11) is -9.91. The van der Waals surface area contributed by atoms with Crippen molar-refractivity contribution >= 4 is 39.5 Å². The lowest BCUT2D eigenvalue weighted by Crippen LogP contribution is -2.30. The lowest BCUT2D eigenvalue weighted by atomic mass is 9.99. The molecule has 0 amide bonds.